The van der Waals surface area contributed by atoms with Gasteiger partial charge in [-0.2, -0.15) is 0 Å². The van der Waals surface area contributed by atoms with Crippen LogP contribution >= 0.6 is 0 Å². The van der Waals surface area contributed by atoms with E-state index in [4.69, 9.17) is 0 Å². The Labute approximate surface area is 153 Å². The van der Waals surface area contributed by atoms with Crippen LogP contribution < -0.4 is 10.2 Å². The highest BCUT2D eigenvalue weighted by atomic mass is 19.1. The predicted octanol–water partition coefficient (Wildman–Crippen LogP) is 3.41. The fourth-order valence-electron chi connectivity index (χ4n) is 3.13. The first kappa shape index (κ1) is 18.3. The van der Waals surface area contributed by atoms with E-state index in [-0.39, 0.29) is 23.7 Å². The van der Waals surface area contributed by atoms with Gasteiger partial charge in [-0.1, -0.05) is 19.1 Å². The molecular formula is C20H25FN4O. The molecule has 0 spiro atoms. The second-order valence-electron chi connectivity index (χ2n) is 6.87. The molecule has 0 saturated carbocycles. The second-order valence-corrected chi connectivity index (χ2v) is 6.87. The highest BCUT2D eigenvalue weighted by Crippen LogP contribution is 2.24. The van der Waals surface area contributed by atoms with Crippen molar-refractivity contribution in [2.75, 3.05) is 18.0 Å². The molecule has 0 bridgehead atoms. The monoisotopic (exact) mass is 356 g/mol. The Morgan fingerprint density at radius 1 is 1.27 bits per heavy atom. The van der Waals surface area contributed by atoms with E-state index >= 15 is 0 Å². The lowest BCUT2D eigenvalue weighted by atomic mass is 9.95. The number of piperidine rings is 1. The summed E-state index contributed by atoms with van der Waals surface area (Å²) in [6.45, 7) is 5.67. The van der Waals surface area contributed by atoms with Crippen LogP contribution in [0.25, 0.3) is 11.3 Å². The number of nitrogens with zero attached hydrogens (tertiary/aromatic N) is 3. The molecule has 1 unspecified atom stereocenters. The lowest BCUT2D eigenvalue weighted by Crippen LogP contribution is -2.43. The summed E-state index contributed by atoms with van der Waals surface area (Å²) >= 11 is 0. The minimum Gasteiger partial charge on any atom is -0.355 e. The maximum Gasteiger partial charge on any atom is 0.223 e. The number of rotatable bonds is 5. The van der Waals surface area contributed by atoms with Crippen molar-refractivity contribution in [3.63, 3.8) is 0 Å². The average Bonchev–Trinajstić information content (AvgIpc) is 2.68. The Hall–Kier alpha value is -2.50. The van der Waals surface area contributed by atoms with E-state index in [2.05, 4.69) is 27.3 Å². The van der Waals surface area contributed by atoms with Gasteiger partial charge in [-0.3, -0.25) is 4.79 Å². The molecule has 5 nitrogen and oxygen atoms in total. The zero-order valence-electron chi connectivity index (χ0n) is 15.3. The summed E-state index contributed by atoms with van der Waals surface area (Å²) in [5.74, 6) is 0.739. The van der Waals surface area contributed by atoms with Gasteiger partial charge in [-0.15, -0.1) is 10.2 Å². The molecule has 3 rings (SSSR count). The van der Waals surface area contributed by atoms with Crippen molar-refractivity contribution in [2.45, 2.75) is 39.2 Å². The molecule has 2 aromatic rings. The standard InChI is InChI=1S/C20H25FN4O/c1-3-14(2)22-20(26)15-9-11-25(12-10-15)19-8-7-18(23-24-19)16-5-4-6-17(21)13-16/h4-8,13-15H,3,9-12H2,1-2H3,(H,22,26). The highest BCUT2D eigenvalue weighted by Gasteiger charge is 2.26. The number of nitrogens with one attached hydrogen (secondary N) is 1. The molecule has 2 heterocycles. The summed E-state index contributed by atoms with van der Waals surface area (Å²) in [5.41, 5.74) is 1.36. The Kier molecular flexibility index (Phi) is 5.81. The Morgan fingerprint density at radius 3 is 2.65 bits per heavy atom. The molecule has 1 aliphatic rings. The number of carbonyl (C=O) groups excluding carboxylic acids is 1. The number of aromatic nitrogens is 2. The van der Waals surface area contributed by atoms with Gasteiger partial charge < -0.3 is 10.2 Å². The zero-order valence-corrected chi connectivity index (χ0v) is 15.3. The van der Waals surface area contributed by atoms with E-state index in [1.54, 1.807) is 6.07 Å². The SMILES string of the molecule is CCC(C)NC(=O)C1CCN(c2ccc(-c3cccc(F)c3)nn2)CC1. The fourth-order valence-corrected chi connectivity index (χ4v) is 3.13. The van der Waals surface area contributed by atoms with Gasteiger partial charge in [0.25, 0.3) is 0 Å². The first-order valence-electron chi connectivity index (χ1n) is 9.21. The molecular weight excluding hydrogens is 331 g/mol. The zero-order chi connectivity index (χ0) is 18.5. The van der Waals surface area contributed by atoms with Crippen molar-refractivity contribution in [3.8, 4) is 11.3 Å². The Balaban J connectivity index is 1.59. The van der Waals surface area contributed by atoms with E-state index in [1.165, 1.54) is 12.1 Å². The summed E-state index contributed by atoms with van der Waals surface area (Å²) in [4.78, 5) is 14.4. The second kappa shape index (κ2) is 8.25. The van der Waals surface area contributed by atoms with Crippen LogP contribution in [0.15, 0.2) is 36.4 Å². The molecule has 1 aliphatic heterocycles. The van der Waals surface area contributed by atoms with E-state index in [0.717, 1.165) is 38.2 Å². The first-order chi connectivity index (χ1) is 12.6. The third-order valence-electron chi connectivity index (χ3n) is 4.96. The maximum absolute atomic E-state index is 13.3. The number of anilines is 1. The number of halogens is 1. The fraction of sp³-hybridized carbons (Fsp3) is 0.450. The van der Waals surface area contributed by atoms with Gasteiger partial charge in [0.1, 0.15) is 5.82 Å². The van der Waals surface area contributed by atoms with Gasteiger partial charge in [0.05, 0.1) is 5.69 Å². The molecule has 1 N–H and O–H groups in total. The molecule has 1 aromatic carbocycles. The van der Waals surface area contributed by atoms with Crippen molar-refractivity contribution >= 4 is 11.7 Å². The number of carbonyl (C=O) groups is 1. The minimum absolute atomic E-state index is 0.0692. The molecule has 26 heavy (non-hydrogen) atoms. The van der Waals surface area contributed by atoms with Gasteiger partial charge in [-0.25, -0.2) is 4.39 Å². The van der Waals surface area contributed by atoms with Gasteiger partial charge in [0.2, 0.25) is 5.91 Å². The van der Waals surface area contributed by atoms with Crippen LogP contribution in [0.5, 0.6) is 0 Å². The van der Waals surface area contributed by atoms with Gasteiger partial charge in [-0.05, 0) is 50.5 Å². The molecule has 1 aromatic heterocycles. The normalized spacial score (nSPS) is 16.3. The lowest BCUT2D eigenvalue weighted by Gasteiger charge is -2.32. The first-order valence-corrected chi connectivity index (χ1v) is 9.21. The summed E-state index contributed by atoms with van der Waals surface area (Å²) in [6.07, 6.45) is 2.57. The van der Waals surface area contributed by atoms with Gasteiger partial charge >= 0.3 is 0 Å². The van der Waals surface area contributed by atoms with Crippen LogP contribution in [0.3, 0.4) is 0 Å². The molecule has 1 saturated heterocycles. The number of hydrogen-bond acceptors (Lipinski definition) is 4. The number of amides is 1. The number of benzene rings is 1. The number of hydrogen-bond donors (Lipinski definition) is 1. The smallest absolute Gasteiger partial charge is 0.223 e. The predicted molar refractivity (Wildman–Crippen MR) is 100 cm³/mol. The molecule has 1 atom stereocenters. The minimum atomic E-state index is -0.286. The van der Waals surface area contributed by atoms with Crippen LogP contribution in [0.4, 0.5) is 10.2 Å². The van der Waals surface area contributed by atoms with E-state index in [9.17, 15) is 9.18 Å². The van der Waals surface area contributed by atoms with Crippen LogP contribution in [0.2, 0.25) is 0 Å². The molecule has 0 radical (unpaired) electrons. The van der Waals surface area contributed by atoms with Crippen molar-refractivity contribution in [3.05, 3.63) is 42.2 Å². The van der Waals surface area contributed by atoms with Crippen molar-refractivity contribution in [1.82, 2.24) is 15.5 Å². The van der Waals surface area contributed by atoms with Crippen molar-refractivity contribution < 1.29 is 9.18 Å². The van der Waals surface area contributed by atoms with Crippen LogP contribution in [0.1, 0.15) is 33.1 Å². The van der Waals surface area contributed by atoms with Crippen molar-refractivity contribution in [2.24, 2.45) is 5.92 Å². The van der Waals surface area contributed by atoms with Crippen LogP contribution in [0, 0.1) is 11.7 Å². The van der Waals surface area contributed by atoms with E-state index < -0.39 is 0 Å². The average molecular weight is 356 g/mol. The molecule has 138 valence electrons. The molecule has 0 aliphatic carbocycles. The largest absolute Gasteiger partial charge is 0.355 e. The maximum atomic E-state index is 13.3. The highest BCUT2D eigenvalue weighted by molar-refractivity contribution is 5.79. The Bertz CT molecular complexity index is 742. The topological polar surface area (TPSA) is 58.1 Å². The Morgan fingerprint density at radius 2 is 2.04 bits per heavy atom. The molecule has 6 heteroatoms. The summed E-state index contributed by atoms with van der Waals surface area (Å²) in [7, 11) is 0. The third-order valence-corrected chi connectivity index (χ3v) is 4.96. The summed E-state index contributed by atoms with van der Waals surface area (Å²) in [6, 6.07) is 10.3. The molecule has 1 fully saturated rings. The molecule has 1 amide bonds. The van der Waals surface area contributed by atoms with Gasteiger partial charge in [0, 0.05) is 30.6 Å². The third kappa shape index (κ3) is 4.36. The summed E-state index contributed by atoms with van der Waals surface area (Å²) in [5, 5.41) is 11.6. The lowest BCUT2D eigenvalue weighted by molar-refractivity contribution is -0.126. The summed E-state index contributed by atoms with van der Waals surface area (Å²) < 4.78 is 13.3. The van der Waals surface area contributed by atoms with E-state index in [1.807, 2.05) is 25.1 Å². The quantitative estimate of drug-likeness (QED) is 0.892. The van der Waals surface area contributed by atoms with Gasteiger partial charge in [0.15, 0.2) is 5.82 Å². The van der Waals surface area contributed by atoms with Crippen LogP contribution in [-0.4, -0.2) is 35.2 Å². The van der Waals surface area contributed by atoms with E-state index in [0.29, 0.717) is 11.3 Å². The van der Waals surface area contributed by atoms with Crippen molar-refractivity contribution in [1.29, 1.82) is 0 Å². The van der Waals surface area contributed by atoms with Crippen LogP contribution in [-0.2, 0) is 4.79 Å².